The van der Waals surface area contributed by atoms with Crippen LogP contribution in [0.2, 0.25) is 10.0 Å². The second kappa shape index (κ2) is 7.43. The fourth-order valence-corrected chi connectivity index (χ4v) is 3.34. The summed E-state index contributed by atoms with van der Waals surface area (Å²) < 4.78 is 0. The van der Waals surface area contributed by atoms with Gasteiger partial charge >= 0.3 is 0 Å². The van der Waals surface area contributed by atoms with Crippen molar-refractivity contribution < 1.29 is 0 Å². The first kappa shape index (κ1) is 15.8. The van der Waals surface area contributed by atoms with E-state index in [1.165, 1.54) is 4.88 Å². The zero-order valence-electron chi connectivity index (χ0n) is 11.6. The molecule has 0 aliphatic carbocycles. The Balaban J connectivity index is 1.95. The Kier molecular flexibility index (Phi) is 5.87. The average Bonchev–Trinajstić information content (AvgIpc) is 2.91. The van der Waals surface area contributed by atoms with Crippen LogP contribution >= 0.6 is 34.5 Å². The molecule has 2 aromatic rings. The molecule has 0 amide bonds. The summed E-state index contributed by atoms with van der Waals surface area (Å²) in [6.07, 6.45) is 0. The minimum atomic E-state index is 0.368. The molecule has 0 radical (unpaired) electrons. The molecule has 1 atom stereocenters. The maximum absolute atomic E-state index is 6.17. The van der Waals surface area contributed by atoms with E-state index in [1.807, 2.05) is 18.2 Å². The Hall–Kier alpha value is -0.580. The molecule has 2 rings (SSSR count). The van der Waals surface area contributed by atoms with Gasteiger partial charge in [-0.3, -0.25) is 0 Å². The molecular weight excluding hydrogens is 311 g/mol. The van der Waals surface area contributed by atoms with Crippen molar-refractivity contribution >= 4 is 34.5 Å². The SMILES string of the molecule is CN(C)C(CNCc1cc(Cl)ccc1Cl)c1cccs1. The van der Waals surface area contributed by atoms with E-state index in [0.717, 1.165) is 23.7 Å². The first-order valence-corrected chi connectivity index (χ1v) is 8.06. The largest absolute Gasteiger partial charge is 0.311 e. The number of hydrogen-bond acceptors (Lipinski definition) is 3. The van der Waals surface area contributed by atoms with Crippen molar-refractivity contribution in [3.05, 3.63) is 56.2 Å². The lowest BCUT2D eigenvalue weighted by Gasteiger charge is -2.23. The van der Waals surface area contributed by atoms with Crippen LogP contribution in [-0.4, -0.2) is 25.5 Å². The highest BCUT2D eigenvalue weighted by Crippen LogP contribution is 2.23. The van der Waals surface area contributed by atoms with Gasteiger partial charge in [0.2, 0.25) is 0 Å². The second-order valence-corrected chi connectivity index (χ2v) is 6.68. The molecule has 0 spiro atoms. The van der Waals surface area contributed by atoms with Gasteiger partial charge in [-0.1, -0.05) is 29.3 Å². The number of halogens is 2. The quantitative estimate of drug-likeness (QED) is 0.842. The van der Waals surface area contributed by atoms with Gasteiger partial charge in [0.15, 0.2) is 0 Å². The second-order valence-electron chi connectivity index (χ2n) is 4.86. The zero-order valence-corrected chi connectivity index (χ0v) is 13.9. The lowest BCUT2D eigenvalue weighted by Crippen LogP contribution is -2.30. The Labute approximate surface area is 134 Å². The lowest BCUT2D eigenvalue weighted by molar-refractivity contribution is 0.292. The van der Waals surface area contributed by atoms with Crippen molar-refractivity contribution in [2.75, 3.05) is 20.6 Å². The van der Waals surface area contributed by atoms with E-state index >= 15 is 0 Å². The van der Waals surface area contributed by atoms with Crippen LogP contribution in [0.15, 0.2) is 35.7 Å². The summed E-state index contributed by atoms with van der Waals surface area (Å²) in [4.78, 5) is 3.58. The van der Waals surface area contributed by atoms with E-state index in [9.17, 15) is 0 Å². The third-order valence-corrected chi connectivity index (χ3v) is 4.73. The fraction of sp³-hybridized carbons (Fsp3) is 0.333. The number of nitrogens with one attached hydrogen (secondary N) is 1. The molecule has 20 heavy (non-hydrogen) atoms. The fourth-order valence-electron chi connectivity index (χ4n) is 2.04. The van der Waals surface area contributed by atoms with Gasteiger partial charge in [0.25, 0.3) is 0 Å². The molecule has 1 unspecified atom stereocenters. The highest BCUT2D eigenvalue weighted by molar-refractivity contribution is 7.10. The Morgan fingerprint density at radius 3 is 2.70 bits per heavy atom. The minimum absolute atomic E-state index is 0.368. The molecule has 1 heterocycles. The monoisotopic (exact) mass is 328 g/mol. The molecular formula is C15H18Cl2N2S. The van der Waals surface area contributed by atoms with Gasteiger partial charge in [0.1, 0.15) is 0 Å². The molecule has 1 N–H and O–H groups in total. The average molecular weight is 329 g/mol. The van der Waals surface area contributed by atoms with Crippen LogP contribution in [0.1, 0.15) is 16.5 Å². The molecule has 5 heteroatoms. The third kappa shape index (κ3) is 4.21. The predicted molar refractivity (Wildman–Crippen MR) is 88.9 cm³/mol. The summed E-state index contributed by atoms with van der Waals surface area (Å²) >= 11 is 13.9. The van der Waals surface area contributed by atoms with Crippen LogP contribution in [0.5, 0.6) is 0 Å². The third-order valence-electron chi connectivity index (χ3n) is 3.16. The molecule has 108 valence electrons. The predicted octanol–water partition coefficient (Wildman–Crippen LogP) is 4.45. The number of thiophene rings is 1. The van der Waals surface area contributed by atoms with Crippen LogP contribution in [0.4, 0.5) is 0 Å². The summed E-state index contributed by atoms with van der Waals surface area (Å²) in [6, 6.07) is 10.2. The minimum Gasteiger partial charge on any atom is -0.311 e. The first-order chi connectivity index (χ1) is 9.58. The molecule has 0 bridgehead atoms. The van der Waals surface area contributed by atoms with Crippen molar-refractivity contribution in [3.63, 3.8) is 0 Å². The number of likely N-dealkylation sites (N-methyl/N-ethyl adjacent to an activating group) is 1. The molecule has 0 aliphatic heterocycles. The van der Waals surface area contributed by atoms with Crippen LogP contribution in [0.25, 0.3) is 0 Å². The zero-order chi connectivity index (χ0) is 14.5. The Morgan fingerprint density at radius 2 is 2.05 bits per heavy atom. The molecule has 2 nitrogen and oxygen atoms in total. The van der Waals surface area contributed by atoms with Crippen molar-refractivity contribution in [2.45, 2.75) is 12.6 Å². The van der Waals surface area contributed by atoms with Gasteiger partial charge in [0, 0.05) is 28.0 Å². The van der Waals surface area contributed by atoms with E-state index in [2.05, 4.69) is 41.8 Å². The molecule has 0 saturated carbocycles. The Morgan fingerprint density at radius 1 is 1.25 bits per heavy atom. The van der Waals surface area contributed by atoms with Gasteiger partial charge in [-0.25, -0.2) is 0 Å². The lowest BCUT2D eigenvalue weighted by atomic mass is 10.2. The normalized spacial score (nSPS) is 12.8. The van der Waals surface area contributed by atoms with Gasteiger partial charge in [-0.15, -0.1) is 11.3 Å². The van der Waals surface area contributed by atoms with Gasteiger partial charge in [-0.05, 0) is 49.3 Å². The topological polar surface area (TPSA) is 15.3 Å². The molecule has 1 aromatic carbocycles. The maximum Gasteiger partial charge on any atom is 0.0561 e. The molecule has 0 fully saturated rings. The van der Waals surface area contributed by atoms with Gasteiger partial charge in [-0.2, -0.15) is 0 Å². The van der Waals surface area contributed by atoms with E-state index < -0.39 is 0 Å². The number of benzene rings is 1. The van der Waals surface area contributed by atoms with E-state index in [4.69, 9.17) is 23.2 Å². The van der Waals surface area contributed by atoms with Crippen molar-refractivity contribution in [2.24, 2.45) is 0 Å². The summed E-state index contributed by atoms with van der Waals surface area (Å²) in [5.74, 6) is 0. The van der Waals surface area contributed by atoms with Crippen molar-refractivity contribution in [1.29, 1.82) is 0 Å². The number of rotatable bonds is 6. The molecule has 0 saturated heterocycles. The summed E-state index contributed by atoms with van der Waals surface area (Å²) in [7, 11) is 4.19. The van der Waals surface area contributed by atoms with Crippen molar-refractivity contribution in [3.8, 4) is 0 Å². The van der Waals surface area contributed by atoms with E-state index in [0.29, 0.717) is 11.1 Å². The summed E-state index contributed by atoms with van der Waals surface area (Å²) in [5.41, 5.74) is 1.03. The van der Waals surface area contributed by atoms with Crippen LogP contribution < -0.4 is 5.32 Å². The maximum atomic E-state index is 6.17. The van der Waals surface area contributed by atoms with Crippen molar-refractivity contribution in [1.82, 2.24) is 10.2 Å². The highest BCUT2D eigenvalue weighted by Gasteiger charge is 2.14. The van der Waals surface area contributed by atoms with Crippen LogP contribution in [-0.2, 0) is 6.54 Å². The summed E-state index contributed by atoms with van der Waals surface area (Å²) in [5, 5.41) is 7.04. The van der Waals surface area contributed by atoms with Crippen LogP contribution in [0, 0.1) is 0 Å². The molecule has 0 aliphatic rings. The number of nitrogens with zero attached hydrogens (tertiary/aromatic N) is 1. The van der Waals surface area contributed by atoms with Gasteiger partial charge in [0.05, 0.1) is 6.04 Å². The summed E-state index contributed by atoms with van der Waals surface area (Å²) in [6.45, 7) is 1.59. The molecule has 1 aromatic heterocycles. The van der Waals surface area contributed by atoms with E-state index in [-0.39, 0.29) is 0 Å². The van der Waals surface area contributed by atoms with Crippen LogP contribution in [0.3, 0.4) is 0 Å². The van der Waals surface area contributed by atoms with E-state index in [1.54, 1.807) is 11.3 Å². The first-order valence-electron chi connectivity index (χ1n) is 6.42. The Bertz CT molecular complexity index is 541. The smallest absolute Gasteiger partial charge is 0.0561 e. The van der Waals surface area contributed by atoms with Gasteiger partial charge < -0.3 is 10.2 Å². The highest BCUT2D eigenvalue weighted by atomic mass is 35.5. The standard InChI is InChI=1S/C15H18Cl2N2S/c1-19(2)14(15-4-3-7-20-15)10-18-9-11-8-12(16)5-6-13(11)17/h3-8,14,18H,9-10H2,1-2H3. The number of hydrogen-bond donors (Lipinski definition) is 1.